The van der Waals surface area contributed by atoms with Crippen molar-refractivity contribution in [2.24, 2.45) is 0 Å². The quantitative estimate of drug-likeness (QED) is 0.853. The largest absolute Gasteiger partial charge is 0.478 e. The zero-order valence-electron chi connectivity index (χ0n) is 9.22. The van der Waals surface area contributed by atoms with Gasteiger partial charge in [-0.15, -0.1) is 11.3 Å². The number of benzene rings is 1. The van der Waals surface area contributed by atoms with Gasteiger partial charge in [-0.05, 0) is 30.0 Å². The number of carboxylic acids is 1. The lowest BCUT2D eigenvalue weighted by Gasteiger charge is -2.08. The Bertz CT molecular complexity index is 494. The van der Waals surface area contributed by atoms with Gasteiger partial charge in [-0.1, -0.05) is 18.2 Å². The lowest BCUT2D eigenvalue weighted by atomic mass is 10.2. The Balaban J connectivity index is 1.97. The zero-order chi connectivity index (χ0) is 12.1. The minimum Gasteiger partial charge on any atom is -0.478 e. The molecule has 2 rings (SSSR count). The average molecular weight is 247 g/mol. The van der Waals surface area contributed by atoms with Crippen LogP contribution in [-0.2, 0) is 6.42 Å². The second-order valence-electron chi connectivity index (χ2n) is 3.61. The molecule has 4 heteroatoms. The van der Waals surface area contributed by atoms with Crippen LogP contribution in [0.3, 0.4) is 0 Å². The average Bonchev–Trinajstić information content (AvgIpc) is 2.82. The van der Waals surface area contributed by atoms with Crippen LogP contribution in [-0.4, -0.2) is 17.6 Å². The fraction of sp³-hybridized carbons (Fsp3) is 0.154. The van der Waals surface area contributed by atoms with Gasteiger partial charge in [0.2, 0.25) is 0 Å². The highest BCUT2D eigenvalue weighted by atomic mass is 32.1. The van der Waals surface area contributed by atoms with Crippen molar-refractivity contribution < 1.29 is 9.90 Å². The van der Waals surface area contributed by atoms with Gasteiger partial charge in [-0.2, -0.15) is 0 Å². The summed E-state index contributed by atoms with van der Waals surface area (Å²) < 4.78 is 0. The fourth-order valence-corrected chi connectivity index (χ4v) is 2.31. The first-order valence-electron chi connectivity index (χ1n) is 5.36. The second-order valence-corrected chi connectivity index (χ2v) is 4.64. The SMILES string of the molecule is O=C(O)c1ccccc1NCCc1cccs1. The van der Waals surface area contributed by atoms with Crippen molar-refractivity contribution in [3.8, 4) is 0 Å². The maximum Gasteiger partial charge on any atom is 0.337 e. The van der Waals surface area contributed by atoms with Crippen molar-refractivity contribution in [2.45, 2.75) is 6.42 Å². The van der Waals surface area contributed by atoms with Crippen LogP contribution in [0.25, 0.3) is 0 Å². The Hall–Kier alpha value is -1.81. The Morgan fingerprint density at radius 2 is 2.06 bits per heavy atom. The molecular weight excluding hydrogens is 234 g/mol. The van der Waals surface area contributed by atoms with E-state index < -0.39 is 5.97 Å². The molecule has 3 nitrogen and oxygen atoms in total. The molecule has 17 heavy (non-hydrogen) atoms. The third kappa shape index (κ3) is 3.07. The molecule has 2 N–H and O–H groups in total. The van der Waals surface area contributed by atoms with E-state index in [9.17, 15) is 4.79 Å². The van der Waals surface area contributed by atoms with Crippen LogP contribution < -0.4 is 5.32 Å². The van der Waals surface area contributed by atoms with Crippen molar-refractivity contribution in [3.63, 3.8) is 0 Å². The molecule has 0 radical (unpaired) electrons. The molecule has 1 heterocycles. The Labute approximate surface area is 104 Å². The van der Waals surface area contributed by atoms with E-state index in [1.165, 1.54) is 4.88 Å². The Morgan fingerprint density at radius 1 is 1.24 bits per heavy atom. The maximum absolute atomic E-state index is 11.0. The molecule has 0 aliphatic heterocycles. The van der Waals surface area contributed by atoms with Gasteiger partial charge in [-0.3, -0.25) is 0 Å². The van der Waals surface area contributed by atoms with Gasteiger partial charge in [0.05, 0.1) is 5.56 Å². The summed E-state index contributed by atoms with van der Waals surface area (Å²) in [6.45, 7) is 0.741. The predicted molar refractivity (Wildman–Crippen MR) is 69.9 cm³/mol. The van der Waals surface area contributed by atoms with Crippen molar-refractivity contribution in [1.29, 1.82) is 0 Å². The number of thiophene rings is 1. The van der Waals surface area contributed by atoms with Crippen LogP contribution in [0, 0.1) is 0 Å². The first kappa shape index (κ1) is 11.7. The number of nitrogens with one attached hydrogen (secondary N) is 1. The smallest absolute Gasteiger partial charge is 0.337 e. The van der Waals surface area contributed by atoms with Gasteiger partial charge in [0.1, 0.15) is 0 Å². The van der Waals surface area contributed by atoms with E-state index in [1.54, 1.807) is 29.5 Å². The summed E-state index contributed by atoms with van der Waals surface area (Å²) in [7, 11) is 0. The molecule has 1 aromatic carbocycles. The molecule has 0 unspecified atom stereocenters. The summed E-state index contributed by atoms with van der Waals surface area (Å²) in [5, 5.41) is 14.2. The maximum atomic E-state index is 11.0. The zero-order valence-corrected chi connectivity index (χ0v) is 10.0. The van der Waals surface area contributed by atoms with E-state index in [-0.39, 0.29) is 0 Å². The molecule has 0 spiro atoms. The number of rotatable bonds is 5. The molecule has 0 aliphatic carbocycles. The predicted octanol–water partition coefficient (Wildman–Crippen LogP) is 3.10. The standard InChI is InChI=1S/C13H13NO2S/c15-13(16)11-5-1-2-6-12(11)14-8-7-10-4-3-9-17-10/h1-6,9,14H,7-8H2,(H,15,16). The lowest BCUT2D eigenvalue weighted by Crippen LogP contribution is -2.08. The highest BCUT2D eigenvalue weighted by Crippen LogP contribution is 2.15. The van der Waals surface area contributed by atoms with Gasteiger partial charge in [0.15, 0.2) is 0 Å². The van der Waals surface area contributed by atoms with E-state index in [4.69, 9.17) is 5.11 Å². The monoisotopic (exact) mass is 247 g/mol. The molecule has 2 aromatic rings. The van der Waals surface area contributed by atoms with Gasteiger partial charge in [0.25, 0.3) is 0 Å². The number of anilines is 1. The molecule has 88 valence electrons. The van der Waals surface area contributed by atoms with E-state index in [2.05, 4.69) is 11.4 Å². The minimum absolute atomic E-state index is 0.318. The summed E-state index contributed by atoms with van der Waals surface area (Å²) in [4.78, 5) is 12.3. The van der Waals surface area contributed by atoms with Crippen LogP contribution in [0.2, 0.25) is 0 Å². The minimum atomic E-state index is -0.899. The molecule has 0 amide bonds. The topological polar surface area (TPSA) is 49.3 Å². The van der Waals surface area contributed by atoms with Crippen LogP contribution in [0.15, 0.2) is 41.8 Å². The number of hydrogen-bond acceptors (Lipinski definition) is 3. The van der Waals surface area contributed by atoms with E-state index in [1.807, 2.05) is 17.5 Å². The number of hydrogen-bond donors (Lipinski definition) is 2. The third-order valence-electron chi connectivity index (χ3n) is 2.42. The normalized spacial score (nSPS) is 10.1. The highest BCUT2D eigenvalue weighted by Gasteiger charge is 2.07. The summed E-state index contributed by atoms with van der Waals surface area (Å²) in [5.41, 5.74) is 0.996. The molecule has 0 saturated heterocycles. The van der Waals surface area contributed by atoms with Gasteiger partial charge in [-0.25, -0.2) is 4.79 Å². The summed E-state index contributed by atoms with van der Waals surface area (Å²) in [6.07, 6.45) is 0.908. The number of carboxylic acid groups (broad SMARTS) is 1. The second kappa shape index (κ2) is 5.50. The van der Waals surface area contributed by atoms with Crippen LogP contribution in [0.5, 0.6) is 0 Å². The van der Waals surface area contributed by atoms with E-state index in [0.29, 0.717) is 11.3 Å². The summed E-state index contributed by atoms with van der Waals surface area (Å²) >= 11 is 1.71. The number of para-hydroxylation sites is 1. The molecule has 0 atom stereocenters. The lowest BCUT2D eigenvalue weighted by molar-refractivity contribution is 0.0698. The van der Waals surface area contributed by atoms with Crippen molar-refractivity contribution in [3.05, 3.63) is 52.2 Å². The Kier molecular flexibility index (Phi) is 3.77. The number of carbonyl (C=O) groups is 1. The van der Waals surface area contributed by atoms with E-state index in [0.717, 1.165) is 13.0 Å². The van der Waals surface area contributed by atoms with Crippen molar-refractivity contribution >= 4 is 23.0 Å². The fourth-order valence-electron chi connectivity index (χ4n) is 1.60. The van der Waals surface area contributed by atoms with Crippen molar-refractivity contribution in [1.82, 2.24) is 0 Å². The first-order valence-corrected chi connectivity index (χ1v) is 6.24. The highest BCUT2D eigenvalue weighted by molar-refractivity contribution is 7.09. The third-order valence-corrected chi connectivity index (χ3v) is 3.36. The van der Waals surface area contributed by atoms with Gasteiger partial charge < -0.3 is 10.4 Å². The van der Waals surface area contributed by atoms with Crippen molar-refractivity contribution in [2.75, 3.05) is 11.9 Å². The Morgan fingerprint density at radius 3 is 2.76 bits per heavy atom. The van der Waals surface area contributed by atoms with Gasteiger partial charge >= 0.3 is 5.97 Å². The van der Waals surface area contributed by atoms with E-state index >= 15 is 0 Å². The summed E-state index contributed by atoms with van der Waals surface area (Å²) in [6, 6.07) is 11.1. The molecule has 0 saturated carbocycles. The first-order chi connectivity index (χ1) is 8.27. The van der Waals surface area contributed by atoms with Crippen LogP contribution in [0.1, 0.15) is 15.2 Å². The number of aromatic carboxylic acids is 1. The van der Waals surface area contributed by atoms with Gasteiger partial charge in [0, 0.05) is 17.1 Å². The van der Waals surface area contributed by atoms with Crippen LogP contribution >= 0.6 is 11.3 Å². The summed E-state index contributed by atoms with van der Waals surface area (Å²) in [5.74, 6) is -0.899. The molecule has 0 bridgehead atoms. The molecule has 0 fully saturated rings. The van der Waals surface area contributed by atoms with Crippen LogP contribution in [0.4, 0.5) is 5.69 Å². The molecular formula is C13H13NO2S. The molecule has 0 aliphatic rings. The molecule has 1 aromatic heterocycles.